The molecule has 0 spiro atoms. The van der Waals surface area contributed by atoms with Gasteiger partial charge in [0.05, 0.1) is 0 Å². The van der Waals surface area contributed by atoms with Gasteiger partial charge in [-0.1, -0.05) is 36.4 Å². The zero-order valence-corrected chi connectivity index (χ0v) is 9.18. The molecule has 0 saturated carbocycles. The van der Waals surface area contributed by atoms with Gasteiger partial charge >= 0.3 is 0 Å². The van der Waals surface area contributed by atoms with Crippen molar-refractivity contribution < 1.29 is 9.90 Å². The molecule has 3 nitrogen and oxygen atoms in total. The summed E-state index contributed by atoms with van der Waals surface area (Å²) in [7, 11) is 0. The number of allylic oxidation sites excluding steroid dienone is 3. The van der Waals surface area contributed by atoms with Gasteiger partial charge in [-0.15, -0.1) is 0 Å². The predicted octanol–water partition coefficient (Wildman–Crippen LogP) is 2.14. The van der Waals surface area contributed by atoms with Crippen molar-refractivity contribution in [3.63, 3.8) is 0 Å². The molecule has 16 heavy (non-hydrogen) atoms. The first-order valence-corrected chi connectivity index (χ1v) is 5.08. The lowest BCUT2D eigenvalue weighted by Crippen LogP contribution is -2.20. The van der Waals surface area contributed by atoms with E-state index in [4.69, 9.17) is 0 Å². The summed E-state index contributed by atoms with van der Waals surface area (Å²) in [5, 5.41) is 12.1. The average Bonchev–Trinajstić information content (AvgIpc) is 2.28. The zero-order valence-electron chi connectivity index (χ0n) is 9.18. The number of carbonyl (C=O) groups is 1. The van der Waals surface area contributed by atoms with Crippen molar-refractivity contribution in [3.05, 3.63) is 54.1 Å². The Kier molecular flexibility index (Phi) is 4.86. The summed E-state index contributed by atoms with van der Waals surface area (Å²) in [6.07, 6.45) is 6.73. The Balaban J connectivity index is 2.46. The quantitative estimate of drug-likeness (QED) is 0.599. The molecule has 3 heteroatoms. The molecule has 0 aromatic heterocycles. The van der Waals surface area contributed by atoms with Gasteiger partial charge in [0, 0.05) is 18.2 Å². The molecular weight excluding hydrogens is 202 g/mol. The molecule has 0 saturated heterocycles. The van der Waals surface area contributed by atoms with Crippen LogP contribution in [0.25, 0.3) is 0 Å². The average molecular weight is 217 g/mol. The molecule has 1 rings (SSSR count). The van der Waals surface area contributed by atoms with E-state index in [2.05, 4.69) is 5.32 Å². The van der Waals surface area contributed by atoms with Crippen LogP contribution in [-0.4, -0.2) is 11.0 Å². The Morgan fingerprint density at radius 2 is 2.12 bits per heavy atom. The first-order valence-electron chi connectivity index (χ1n) is 5.08. The van der Waals surface area contributed by atoms with Crippen LogP contribution in [0.2, 0.25) is 0 Å². The van der Waals surface area contributed by atoms with Crippen molar-refractivity contribution in [2.75, 3.05) is 0 Å². The third-order valence-electron chi connectivity index (χ3n) is 2.00. The number of carbonyl (C=O) groups excluding carboxylic acids is 1. The van der Waals surface area contributed by atoms with E-state index in [1.807, 2.05) is 19.1 Å². The molecule has 84 valence electrons. The molecule has 0 heterocycles. The van der Waals surface area contributed by atoms with Gasteiger partial charge in [0.25, 0.3) is 0 Å². The summed E-state index contributed by atoms with van der Waals surface area (Å²) < 4.78 is 0. The van der Waals surface area contributed by atoms with E-state index in [9.17, 15) is 9.90 Å². The van der Waals surface area contributed by atoms with Crippen molar-refractivity contribution in [3.8, 4) is 5.75 Å². The number of hydrogen-bond acceptors (Lipinski definition) is 2. The number of amides is 1. The summed E-state index contributed by atoms with van der Waals surface area (Å²) in [5.74, 6) is 0.0154. The lowest BCUT2D eigenvalue weighted by atomic mass is 10.2. The van der Waals surface area contributed by atoms with Gasteiger partial charge < -0.3 is 10.4 Å². The van der Waals surface area contributed by atoms with Gasteiger partial charge in [-0.3, -0.25) is 4.79 Å². The number of rotatable bonds is 4. The molecule has 0 aliphatic rings. The highest BCUT2D eigenvalue weighted by molar-refractivity contribution is 5.87. The fourth-order valence-electron chi connectivity index (χ4n) is 1.16. The second-order valence-electron chi connectivity index (χ2n) is 3.23. The van der Waals surface area contributed by atoms with E-state index in [0.717, 1.165) is 0 Å². The van der Waals surface area contributed by atoms with E-state index >= 15 is 0 Å². The van der Waals surface area contributed by atoms with Crippen LogP contribution in [0.1, 0.15) is 12.5 Å². The Morgan fingerprint density at radius 1 is 1.38 bits per heavy atom. The maximum Gasteiger partial charge on any atom is 0.244 e. The molecule has 0 bridgehead atoms. The van der Waals surface area contributed by atoms with E-state index in [1.165, 1.54) is 6.08 Å². The fraction of sp³-hybridized carbons (Fsp3) is 0.154. The second-order valence-corrected chi connectivity index (χ2v) is 3.23. The molecule has 0 atom stereocenters. The first kappa shape index (κ1) is 12.0. The maximum atomic E-state index is 11.3. The highest BCUT2D eigenvalue weighted by atomic mass is 16.3. The van der Waals surface area contributed by atoms with Gasteiger partial charge in [0.15, 0.2) is 0 Å². The normalized spacial score (nSPS) is 11.1. The number of nitrogens with one attached hydrogen (secondary N) is 1. The van der Waals surface area contributed by atoms with Crippen LogP contribution < -0.4 is 5.32 Å². The Labute approximate surface area is 95.1 Å². The summed E-state index contributed by atoms with van der Waals surface area (Å²) in [4.78, 5) is 11.3. The molecule has 0 aliphatic carbocycles. The molecule has 1 aromatic carbocycles. The van der Waals surface area contributed by atoms with Gasteiger partial charge in [0.2, 0.25) is 5.91 Å². The SMILES string of the molecule is C/C=C/C=C/C(=O)NCc1ccccc1O. The van der Waals surface area contributed by atoms with Crippen molar-refractivity contribution in [1.29, 1.82) is 0 Å². The maximum absolute atomic E-state index is 11.3. The van der Waals surface area contributed by atoms with Crippen LogP contribution >= 0.6 is 0 Å². The predicted molar refractivity (Wildman–Crippen MR) is 63.9 cm³/mol. The van der Waals surface area contributed by atoms with Crippen molar-refractivity contribution >= 4 is 5.91 Å². The van der Waals surface area contributed by atoms with Crippen LogP contribution in [-0.2, 0) is 11.3 Å². The molecule has 1 amide bonds. The van der Waals surface area contributed by atoms with Gasteiger partial charge in [-0.2, -0.15) is 0 Å². The van der Waals surface area contributed by atoms with E-state index in [-0.39, 0.29) is 11.7 Å². The minimum absolute atomic E-state index is 0.179. The van der Waals surface area contributed by atoms with Gasteiger partial charge in [-0.05, 0) is 13.0 Å². The molecule has 0 aliphatic heterocycles. The third-order valence-corrected chi connectivity index (χ3v) is 2.00. The number of phenols is 1. The van der Waals surface area contributed by atoms with Crippen LogP contribution in [0.15, 0.2) is 48.6 Å². The van der Waals surface area contributed by atoms with E-state index in [0.29, 0.717) is 12.1 Å². The van der Waals surface area contributed by atoms with Crippen LogP contribution in [0.3, 0.4) is 0 Å². The second kappa shape index (κ2) is 6.45. The molecule has 1 aromatic rings. The monoisotopic (exact) mass is 217 g/mol. The van der Waals surface area contributed by atoms with Gasteiger partial charge in [-0.25, -0.2) is 0 Å². The summed E-state index contributed by atoms with van der Waals surface area (Å²) in [6, 6.07) is 6.92. The minimum Gasteiger partial charge on any atom is -0.508 e. The Bertz CT molecular complexity index is 408. The smallest absolute Gasteiger partial charge is 0.244 e. The fourth-order valence-corrected chi connectivity index (χ4v) is 1.16. The van der Waals surface area contributed by atoms with E-state index < -0.39 is 0 Å². The number of para-hydroxylation sites is 1. The van der Waals surface area contributed by atoms with Crippen molar-refractivity contribution in [2.24, 2.45) is 0 Å². The van der Waals surface area contributed by atoms with Crippen LogP contribution in [0, 0.1) is 0 Å². The Morgan fingerprint density at radius 3 is 2.81 bits per heavy atom. The summed E-state index contributed by atoms with van der Waals surface area (Å²) >= 11 is 0. The molecular formula is C13H15NO2. The van der Waals surface area contributed by atoms with Crippen LogP contribution in [0.5, 0.6) is 5.75 Å². The Hall–Kier alpha value is -2.03. The number of benzene rings is 1. The number of aromatic hydroxyl groups is 1. The lowest BCUT2D eigenvalue weighted by molar-refractivity contribution is -0.116. The number of hydrogen-bond donors (Lipinski definition) is 2. The van der Waals surface area contributed by atoms with Gasteiger partial charge in [0.1, 0.15) is 5.75 Å². The standard InChI is InChI=1S/C13H15NO2/c1-2-3-4-9-13(16)14-10-11-7-5-6-8-12(11)15/h2-9,15H,10H2,1H3,(H,14,16)/b3-2+,9-4+. The minimum atomic E-state index is -0.179. The summed E-state index contributed by atoms with van der Waals surface area (Å²) in [6.45, 7) is 2.20. The van der Waals surface area contributed by atoms with Crippen molar-refractivity contribution in [2.45, 2.75) is 13.5 Å². The lowest BCUT2D eigenvalue weighted by Gasteiger charge is -2.04. The van der Waals surface area contributed by atoms with E-state index in [1.54, 1.807) is 30.4 Å². The molecule has 0 radical (unpaired) electrons. The molecule has 2 N–H and O–H groups in total. The molecule has 0 fully saturated rings. The summed E-state index contributed by atoms with van der Waals surface area (Å²) in [5.41, 5.74) is 0.704. The molecule has 0 unspecified atom stereocenters. The van der Waals surface area contributed by atoms with Crippen molar-refractivity contribution in [1.82, 2.24) is 5.32 Å². The first-order chi connectivity index (χ1) is 7.74. The topological polar surface area (TPSA) is 49.3 Å². The third kappa shape index (κ3) is 4.00. The highest BCUT2D eigenvalue weighted by Gasteiger charge is 2.00. The highest BCUT2D eigenvalue weighted by Crippen LogP contribution is 2.14. The zero-order chi connectivity index (χ0) is 11.8. The van der Waals surface area contributed by atoms with Crippen LogP contribution in [0.4, 0.5) is 0 Å². The number of phenolic OH excluding ortho intramolecular Hbond substituents is 1. The largest absolute Gasteiger partial charge is 0.508 e.